The first-order valence-electron chi connectivity index (χ1n) is 7.23. The van der Waals surface area contributed by atoms with Crippen molar-refractivity contribution in [3.63, 3.8) is 0 Å². The fourth-order valence-electron chi connectivity index (χ4n) is 1.90. The number of methoxy groups -OCH3 is 1. The van der Waals surface area contributed by atoms with Gasteiger partial charge in [0.2, 0.25) is 5.91 Å². The number of hydrogen-bond acceptors (Lipinski definition) is 3. The minimum Gasteiger partial charge on any atom is -0.497 e. The van der Waals surface area contributed by atoms with Gasteiger partial charge in [-0.3, -0.25) is 10.1 Å². The number of thiocarbonyl (C=S) groups is 1. The number of amides is 1. The third-order valence-electron chi connectivity index (χ3n) is 3.18. The van der Waals surface area contributed by atoms with Gasteiger partial charge in [0.25, 0.3) is 0 Å². The smallest absolute Gasteiger partial charge is 0.250 e. The molecular weight excluding hydrogens is 344 g/mol. The summed E-state index contributed by atoms with van der Waals surface area (Å²) in [6.45, 7) is 0.445. The summed E-state index contributed by atoms with van der Waals surface area (Å²) in [5.74, 6) is 0.462. The molecule has 2 N–H and O–H groups in total. The van der Waals surface area contributed by atoms with Crippen LogP contribution < -0.4 is 15.4 Å². The molecule has 0 aliphatic heterocycles. The van der Waals surface area contributed by atoms with Crippen LogP contribution in [0.5, 0.6) is 5.75 Å². The molecule has 0 aliphatic carbocycles. The Morgan fingerprint density at radius 1 is 1.21 bits per heavy atom. The molecular formula is C18H17ClN2O2S. The van der Waals surface area contributed by atoms with Crippen LogP contribution in [0.2, 0.25) is 5.02 Å². The molecule has 2 rings (SSSR count). The maximum atomic E-state index is 11.9. The average molecular weight is 361 g/mol. The second-order valence-electron chi connectivity index (χ2n) is 4.87. The van der Waals surface area contributed by atoms with Crippen molar-refractivity contribution >= 4 is 40.9 Å². The first-order chi connectivity index (χ1) is 11.6. The molecule has 6 heteroatoms. The van der Waals surface area contributed by atoms with Gasteiger partial charge in [-0.25, -0.2) is 0 Å². The van der Waals surface area contributed by atoms with Crippen molar-refractivity contribution in [1.82, 2.24) is 10.6 Å². The minimum absolute atomic E-state index is 0.249. The zero-order chi connectivity index (χ0) is 17.4. The lowest BCUT2D eigenvalue weighted by atomic mass is 10.2. The van der Waals surface area contributed by atoms with E-state index in [1.54, 1.807) is 19.3 Å². The quantitative estimate of drug-likeness (QED) is 0.632. The maximum Gasteiger partial charge on any atom is 0.250 e. The van der Waals surface area contributed by atoms with E-state index in [-0.39, 0.29) is 11.0 Å². The molecule has 0 aliphatic rings. The van der Waals surface area contributed by atoms with E-state index >= 15 is 0 Å². The van der Waals surface area contributed by atoms with Crippen molar-refractivity contribution in [2.75, 3.05) is 7.11 Å². The van der Waals surface area contributed by atoms with Gasteiger partial charge in [-0.05, 0) is 47.6 Å². The number of halogens is 1. The normalized spacial score (nSPS) is 10.4. The van der Waals surface area contributed by atoms with E-state index in [0.717, 1.165) is 16.9 Å². The number of ether oxygens (including phenoxy) is 1. The first-order valence-corrected chi connectivity index (χ1v) is 8.01. The predicted molar refractivity (Wildman–Crippen MR) is 101 cm³/mol. The van der Waals surface area contributed by atoms with Gasteiger partial charge in [0.05, 0.1) is 7.11 Å². The summed E-state index contributed by atoms with van der Waals surface area (Å²) in [6.07, 6.45) is 3.12. The number of benzene rings is 2. The van der Waals surface area contributed by atoms with Crippen LogP contribution in [0.3, 0.4) is 0 Å². The molecule has 0 bridgehead atoms. The molecule has 0 fully saturated rings. The van der Waals surface area contributed by atoms with E-state index in [0.29, 0.717) is 11.6 Å². The van der Waals surface area contributed by atoms with Crippen LogP contribution in [0, 0.1) is 0 Å². The largest absolute Gasteiger partial charge is 0.497 e. The Kier molecular flexibility index (Phi) is 6.78. The summed E-state index contributed by atoms with van der Waals surface area (Å²) in [5, 5.41) is 6.44. The summed E-state index contributed by atoms with van der Waals surface area (Å²) >= 11 is 11.2. The molecule has 0 heterocycles. The van der Waals surface area contributed by atoms with Crippen LogP contribution in [0.15, 0.2) is 54.6 Å². The average Bonchev–Trinajstić information content (AvgIpc) is 2.59. The number of rotatable bonds is 5. The van der Waals surface area contributed by atoms with Gasteiger partial charge in [0.1, 0.15) is 5.75 Å². The Bertz CT molecular complexity index is 745. The first kappa shape index (κ1) is 18.0. The molecule has 1 amide bonds. The van der Waals surface area contributed by atoms with Gasteiger partial charge >= 0.3 is 0 Å². The van der Waals surface area contributed by atoms with E-state index in [4.69, 9.17) is 28.6 Å². The second kappa shape index (κ2) is 9.05. The summed E-state index contributed by atoms with van der Waals surface area (Å²) in [6, 6.07) is 14.8. The van der Waals surface area contributed by atoms with Crippen molar-refractivity contribution in [3.8, 4) is 5.75 Å². The Balaban J connectivity index is 1.81. The van der Waals surface area contributed by atoms with Gasteiger partial charge in [0, 0.05) is 17.6 Å². The van der Waals surface area contributed by atoms with Crippen LogP contribution in [0.4, 0.5) is 0 Å². The third kappa shape index (κ3) is 5.68. The van der Waals surface area contributed by atoms with Gasteiger partial charge in [-0.1, -0.05) is 41.9 Å². The van der Waals surface area contributed by atoms with Gasteiger partial charge in [-0.2, -0.15) is 0 Å². The SMILES string of the molecule is COc1ccc(/C=C/C(=O)NC(=S)NCc2ccccc2Cl)cc1. The highest BCUT2D eigenvalue weighted by Crippen LogP contribution is 2.14. The van der Waals surface area contributed by atoms with Crippen LogP contribution in [-0.2, 0) is 11.3 Å². The van der Waals surface area contributed by atoms with Crippen molar-refractivity contribution in [2.24, 2.45) is 0 Å². The molecule has 0 atom stereocenters. The molecule has 0 aromatic heterocycles. The van der Waals surface area contributed by atoms with Crippen LogP contribution in [-0.4, -0.2) is 18.1 Å². The molecule has 2 aromatic carbocycles. The lowest BCUT2D eigenvalue weighted by Crippen LogP contribution is -2.38. The standard InChI is InChI=1S/C18H17ClN2O2S/c1-23-15-9-6-13(7-10-15)8-11-17(22)21-18(24)20-12-14-4-2-3-5-16(14)19/h2-11H,12H2,1H3,(H2,20,21,22,24)/b11-8+. The Morgan fingerprint density at radius 2 is 1.92 bits per heavy atom. The molecule has 0 unspecified atom stereocenters. The van der Waals surface area contributed by atoms with E-state index < -0.39 is 0 Å². The Morgan fingerprint density at radius 3 is 2.58 bits per heavy atom. The zero-order valence-electron chi connectivity index (χ0n) is 13.1. The lowest BCUT2D eigenvalue weighted by molar-refractivity contribution is -0.115. The molecule has 0 spiro atoms. The molecule has 124 valence electrons. The zero-order valence-corrected chi connectivity index (χ0v) is 14.7. The van der Waals surface area contributed by atoms with Crippen LogP contribution in [0.25, 0.3) is 6.08 Å². The monoisotopic (exact) mass is 360 g/mol. The highest BCUT2D eigenvalue weighted by Gasteiger charge is 2.03. The summed E-state index contributed by atoms with van der Waals surface area (Å²) in [4.78, 5) is 11.9. The van der Waals surface area contributed by atoms with Crippen molar-refractivity contribution in [2.45, 2.75) is 6.54 Å². The molecule has 2 aromatic rings. The Labute approximate surface area is 151 Å². The second-order valence-corrected chi connectivity index (χ2v) is 5.69. The fourth-order valence-corrected chi connectivity index (χ4v) is 2.28. The molecule has 0 saturated heterocycles. The third-order valence-corrected chi connectivity index (χ3v) is 3.79. The Hall–Kier alpha value is -2.37. The summed E-state index contributed by atoms with van der Waals surface area (Å²) in [7, 11) is 1.61. The van der Waals surface area contributed by atoms with E-state index in [1.165, 1.54) is 6.08 Å². The van der Waals surface area contributed by atoms with Gasteiger partial charge < -0.3 is 10.1 Å². The lowest BCUT2D eigenvalue weighted by Gasteiger charge is -2.09. The maximum absolute atomic E-state index is 11.9. The molecule has 0 radical (unpaired) electrons. The van der Waals surface area contributed by atoms with Crippen LogP contribution in [0.1, 0.15) is 11.1 Å². The van der Waals surface area contributed by atoms with E-state index in [9.17, 15) is 4.79 Å². The minimum atomic E-state index is -0.303. The predicted octanol–water partition coefficient (Wildman–Crippen LogP) is 3.55. The molecule has 4 nitrogen and oxygen atoms in total. The summed E-state index contributed by atoms with van der Waals surface area (Å²) < 4.78 is 5.08. The topological polar surface area (TPSA) is 50.4 Å². The van der Waals surface area contributed by atoms with Crippen molar-refractivity contribution in [1.29, 1.82) is 0 Å². The van der Waals surface area contributed by atoms with Crippen molar-refractivity contribution < 1.29 is 9.53 Å². The highest BCUT2D eigenvalue weighted by molar-refractivity contribution is 7.80. The number of carbonyl (C=O) groups is 1. The van der Waals surface area contributed by atoms with Crippen LogP contribution >= 0.6 is 23.8 Å². The molecule has 0 saturated carbocycles. The number of carbonyl (C=O) groups excluding carboxylic acids is 1. The molecule has 24 heavy (non-hydrogen) atoms. The highest BCUT2D eigenvalue weighted by atomic mass is 35.5. The number of hydrogen-bond donors (Lipinski definition) is 2. The van der Waals surface area contributed by atoms with Gasteiger partial charge in [-0.15, -0.1) is 0 Å². The van der Waals surface area contributed by atoms with Gasteiger partial charge in [0.15, 0.2) is 5.11 Å². The van der Waals surface area contributed by atoms with Crippen molar-refractivity contribution in [3.05, 3.63) is 70.8 Å². The van der Waals surface area contributed by atoms with E-state index in [1.807, 2.05) is 42.5 Å². The summed E-state index contributed by atoms with van der Waals surface area (Å²) in [5.41, 5.74) is 1.80. The number of nitrogens with one attached hydrogen (secondary N) is 2. The fraction of sp³-hybridized carbons (Fsp3) is 0.111. The van der Waals surface area contributed by atoms with E-state index in [2.05, 4.69) is 10.6 Å².